The van der Waals surface area contributed by atoms with E-state index in [-0.39, 0.29) is 11.1 Å². The van der Waals surface area contributed by atoms with Gasteiger partial charge in [-0.05, 0) is 54.2 Å². The van der Waals surface area contributed by atoms with Crippen molar-refractivity contribution in [3.8, 4) is 23.0 Å². The third-order valence-electron chi connectivity index (χ3n) is 5.43. The van der Waals surface area contributed by atoms with Crippen molar-refractivity contribution in [3.63, 3.8) is 0 Å². The van der Waals surface area contributed by atoms with E-state index >= 15 is 0 Å². The molecule has 166 valence electrons. The van der Waals surface area contributed by atoms with Gasteiger partial charge >= 0.3 is 0 Å². The van der Waals surface area contributed by atoms with Gasteiger partial charge in [0.1, 0.15) is 0 Å². The summed E-state index contributed by atoms with van der Waals surface area (Å²) in [5.41, 5.74) is 1.97. The Bertz CT molecular complexity index is 1130. The molecule has 0 aliphatic carbocycles. The van der Waals surface area contributed by atoms with Gasteiger partial charge in [-0.25, -0.2) is 17.6 Å². The van der Waals surface area contributed by atoms with Crippen LogP contribution in [0.25, 0.3) is 11.1 Å². The number of benzene rings is 3. The molecule has 0 amide bonds. The molecule has 3 aromatic rings. The van der Waals surface area contributed by atoms with Crippen LogP contribution in [0.1, 0.15) is 61.8 Å². The number of unbranched alkanes of at least 4 members (excludes halogenated alkanes) is 2. The lowest BCUT2D eigenvalue weighted by atomic mass is 9.99. The van der Waals surface area contributed by atoms with E-state index in [1.807, 2.05) is 6.92 Å². The van der Waals surface area contributed by atoms with Gasteiger partial charge in [0.15, 0.2) is 23.3 Å². The second kappa shape index (κ2) is 11.0. The average Bonchev–Trinajstić information content (AvgIpc) is 2.80. The van der Waals surface area contributed by atoms with Gasteiger partial charge in [0.2, 0.25) is 0 Å². The number of rotatable bonds is 7. The van der Waals surface area contributed by atoms with Crippen LogP contribution < -0.4 is 0 Å². The fraction of sp³-hybridized carbons (Fsp3) is 0.286. The van der Waals surface area contributed by atoms with Crippen LogP contribution in [-0.2, 0) is 12.8 Å². The van der Waals surface area contributed by atoms with Crippen molar-refractivity contribution in [2.75, 3.05) is 0 Å². The molecule has 0 N–H and O–H groups in total. The summed E-state index contributed by atoms with van der Waals surface area (Å²) in [4.78, 5) is 0. The zero-order chi connectivity index (χ0) is 23.1. The first kappa shape index (κ1) is 23.6. The quantitative estimate of drug-likeness (QED) is 0.199. The Balaban J connectivity index is 1.80. The fourth-order valence-corrected chi connectivity index (χ4v) is 3.59. The lowest BCUT2D eigenvalue weighted by Crippen LogP contribution is -1.98. The summed E-state index contributed by atoms with van der Waals surface area (Å²) in [5, 5.41) is 0. The molecule has 4 heteroatoms. The normalized spacial score (nSPS) is 10.7. The Morgan fingerprint density at radius 2 is 1.25 bits per heavy atom. The molecule has 0 aromatic heterocycles. The monoisotopic (exact) mass is 438 g/mol. The summed E-state index contributed by atoms with van der Waals surface area (Å²) in [6.07, 6.45) is 4.52. The maximum absolute atomic E-state index is 14.6. The average molecular weight is 439 g/mol. The molecular formula is C28H26F4. The smallest absolute Gasteiger partial charge is 0.174 e. The number of aryl methyl sites for hydroxylation is 2. The minimum atomic E-state index is -0.948. The van der Waals surface area contributed by atoms with Crippen LogP contribution >= 0.6 is 0 Å². The van der Waals surface area contributed by atoms with Crippen LogP contribution in [0.3, 0.4) is 0 Å². The van der Waals surface area contributed by atoms with Crippen molar-refractivity contribution in [2.45, 2.75) is 52.4 Å². The second-order valence-electron chi connectivity index (χ2n) is 7.83. The van der Waals surface area contributed by atoms with Gasteiger partial charge in [0, 0.05) is 11.1 Å². The van der Waals surface area contributed by atoms with E-state index in [1.165, 1.54) is 6.07 Å². The first-order chi connectivity index (χ1) is 15.5. The Hall–Kier alpha value is -3.06. The highest BCUT2D eigenvalue weighted by Gasteiger charge is 2.15. The largest absolute Gasteiger partial charge is 0.203 e. The summed E-state index contributed by atoms with van der Waals surface area (Å²) >= 11 is 0. The molecule has 0 atom stereocenters. The van der Waals surface area contributed by atoms with Gasteiger partial charge in [-0.15, -0.1) is 0 Å². The van der Waals surface area contributed by atoms with E-state index in [2.05, 4.69) is 18.8 Å². The maximum Gasteiger partial charge on any atom is 0.174 e. The number of hydrogen-bond donors (Lipinski definition) is 0. The van der Waals surface area contributed by atoms with Gasteiger partial charge in [-0.3, -0.25) is 0 Å². The molecule has 0 bridgehead atoms. The predicted octanol–water partition coefficient (Wildman–Crippen LogP) is 8.00. The van der Waals surface area contributed by atoms with Crippen molar-refractivity contribution in [1.29, 1.82) is 0 Å². The molecule has 0 radical (unpaired) electrons. The van der Waals surface area contributed by atoms with Crippen molar-refractivity contribution < 1.29 is 17.6 Å². The van der Waals surface area contributed by atoms with Crippen molar-refractivity contribution >= 4 is 0 Å². The molecule has 0 saturated heterocycles. The Labute approximate surface area is 187 Å². The molecule has 0 nitrogen and oxygen atoms in total. The third kappa shape index (κ3) is 5.40. The first-order valence-electron chi connectivity index (χ1n) is 11.0. The molecule has 3 rings (SSSR count). The van der Waals surface area contributed by atoms with Gasteiger partial charge in [-0.2, -0.15) is 0 Å². The highest BCUT2D eigenvalue weighted by molar-refractivity contribution is 5.66. The van der Waals surface area contributed by atoms with Crippen molar-refractivity contribution in [3.05, 3.63) is 94.1 Å². The molecule has 0 aliphatic heterocycles. The van der Waals surface area contributed by atoms with Gasteiger partial charge in [0.25, 0.3) is 0 Å². The van der Waals surface area contributed by atoms with Crippen LogP contribution in [0.15, 0.2) is 48.5 Å². The molecule has 0 aliphatic rings. The summed E-state index contributed by atoms with van der Waals surface area (Å²) in [6, 6.07) is 12.8. The van der Waals surface area contributed by atoms with Crippen LogP contribution in [0.5, 0.6) is 0 Å². The SMILES string of the molecule is CCCCCc1ccc(-c2ccc(C#Cc3ccc(CCC)c(F)c3F)cc2)c(F)c1F. The highest BCUT2D eigenvalue weighted by atomic mass is 19.2. The Morgan fingerprint density at radius 1 is 0.594 bits per heavy atom. The van der Waals surface area contributed by atoms with E-state index in [9.17, 15) is 17.6 Å². The van der Waals surface area contributed by atoms with Crippen molar-refractivity contribution in [1.82, 2.24) is 0 Å². The zero-order valence-electron chi connectivity index (χ0n) is 18.4. The lowest BCUT2D eigenvalue weighted by Gasteiger charge is -2.09. The maximum atomic E-state index is 14.6. The standard InChI is InChI=1S/C28H26F4/c1-3-5-6-8-22-17-18-24(28(32)27(22)31)20-12-9-19(10-13-20)11-14-23-16-15-21(7-4-2)25(29)26(23)30/h9-10,12-13,15-18H,3-8H2,1-2H3. The molecule has 0 unspecified atom stereocenters. The molecular weight excluding hydrogens is 412 g/mol. The van der Waals surface area contributed by atoms with E-state index in [1.54, 1.807) is 42.5 Å². The first-order valence-corrected chi connectivity index (χ1v) is 11.0. The van der Waals surface area contributed by atoms with Crippen LogP contribution in [0.2, 0.25) is 0 Å². The zero-order valence-corrected chi connectivity index (χ0v) is 18.4. The number of halogens is 4. The van der Waals surface area contributed by atoms with E-state index in [0.717, 1.165) is 25.7 Å². The van der Waals surface area contributed by atoms with E-state index in [0.29, 0.717) is 35.1 Å². The molecule has 0 heterocycles. The Morgan fingerprint density at radius 3 is 1.94 bits per heavy atom. The van der Waals surface area contributed by atoms with Gasteiger partial charge in [0.05, 0.1) is 5.56 Å². The molecule has 32 heavy (non-hydrogen) atoms. The topological polar surface area (TPSA) is 0 Å². The Kier molecular flexibility index (Phi) is 8.11. The third-order valence-corrected chi connectivity index (χ3v) is 5.43. The fourth-order valence-electron chi connectivity index (χ4n) is 3.59. The summed E-state index contributed by atoms with van der Waals surface area (Å²) < 4.78 is 57.4. The molecule has 0 fully saturated rings. The summed E-state index contributed by atoms with van der Waals surface area (Å²) in [6.45, 7) is 3.96. The number of hydrogen-bond acceptors (Lipinski definition) is 0. The van der Waals surface area contributed by atoms with E-state index in [4.69, 9.17) is 0 Å². The van der Waals surface area contributed by atoms with Gasteiger partial charge in [-0.1, -0.05) is 75.3 Å². The predicted molar refractivity (Wildman–Crippen MR) is 121 cm³/mol. The lowest BCUT2D eigenvalue weighted by molar-refractivity contribution is 0.496. The summed E-state index contributed by atoms with van der Waals surface area (Å²) in [7, 11) is 0. The van der Waals surface area contributed by atoms with Crippen LogP contribution in [-0.4, -0.2) is 0 Å². The highest BCUT2D eigenvalue weighted by Crippen LogP contribution is 2.27. The summed E-state index contributed by atoms with van der Waals surface area (Å²) in [5.74, 6) is 1.99. The minimum absolute atomic E-state index is 0.0155. The van der Waals surface area contributed by atoms with Crippen molar-refractivity contribution in [2.24, 2.45) is 0 Å². The minimum Gasteiger partial charge on any atom is -0.203 e. The molecule has 0 saturated carbocycles. The van der Waals surface area contributed by atoms with E-state index < -0.39 is 23.3 Å². The van der Waals surface area contributed by atoms with Gasteiger partial charge < -0.3 is 0 Å². The van der Waals surface area contributed by atoms with Crippen LogP contribution in [0.4, 0.5) is 17.6 Å². The van der Waals surface area contributed by atoms with Crippen LogP contribution in [0, 0.1) is 35.1 Å². The second-order valence-corrected chi connectivity index (χ2v) is 7.83. The molecule has 3 aromatic carbocycles. The molecule has 0 spiro atoms.